The van der Waals surface area contributed by atoms with Crippen LogP contribution in [0.2, 0.25) is 0 Å². The van der Waals surface area contributed by atoms with E-state index < -0.39 is 0 Å². The molecule has 4 heteroatoms. The van der Waals surface area contributed by atoms with E-state index in [-0.39, 0.29) is 0 Å². The van der Waals surface area contributed by atoms with Crippen LogP contribution >= 0.6 is 0 Å². The normalized spacial score (nSPS) is 9.65. The summed E-state index contributed by atoms with van der Waals surface area (Å²) in [5.74, 6) is 0.764. The summed E-state index contributed by atoms with van der Waals surface area (Å²) in [5, 5.41) is 11.9. The SMILES string of the molecule is CCNc1nccnc1-c1ccc(C#N)cc1. The second kappa shape index (κ2) is 5.08. The molecule has 0 aliphatic carbocycles. The van der Waals surface area contributed by atoms with Crippen molar-refractivity contribution in [3.8, 4) is 17.3 Å². The van der Waals surface area contributed by atoms with E-state index in [1.165, 1.54) is 0 Å². The lowest BCUT2D eigenvalue weighted by Crippen LogP contribution is -2.02. The minimum Gasteiger partial charge on any atom is -0.369 e. The van der Waals surface area contributed by atoms with Gasteiger partial charge < -0.3 is 5.32 Å². The maximum absolute atomic E-state index is 8.75. The highest BCUT2D eigenvalue weighted by molar-refractivity contribution is 5.71. The van der Waals surface area contributed by atoms with E-state index in [0.717, 1.165) is 23.6 Å². The van der Waals surface area contributed by atoms with Crippen LogP contribution in [0, 0.1) is 11.3 Å². The average Bonchev–Trinajstić information content (AvgIpc) is 2.40. The number of hydrogen-bond acceptors (Lipinski definition) is 4. The van der Waals surface area contributed by atoms with Crippen LogP contribution in [-0.4, -0.2) is 16.5 Å². The first-order valence-corrected chi connectivity index (χ1v) is 5.40. The van der Waals surface area contributed by atoms with Crippen molar-refractivity contribution >= 4 is 5.82 Å². The van der Waals surface area contributed by atoms with Crippen LogP contribution in [0.1, 0.15) is 12.5 Å². The Morgan fingerprint density at radius 3 is 2.53 bits per heavy atom. The summed E-state index contributed by atoms with van der Waals surface area (Å²) in [6.07, 6.45) is 3.32. The van der Waals surface area contributed by atoms with Gasteiger partial charge in [0.1, 0.15) is 5.69 Å². The van der Waals surface area contributed by atoms with E-state index >= 15 is 0 Å². The van der Waals surface area contributed by atoms with Crippen molar-refractivity contribution in [1.82, 2.24) is 9.97 Å². The molecule has 0 unspecified atom stereocenters. The van der Waals surface area contributed by atoms with Gasteiger partial charge in [-0.3, -0.25) is 4.98 Å². The third-order valence-electron chi connectivity index (χ3n) is 2.33. The van der Waals surface area contributed by atoms with Crippen LogP contribution in [0.25, 0.3) is 11.3 Å². The largest absolute Gasteiger partial charge is 0.369 e. The topological polar surface area (TPSA) is 61.6 Å². The Morgan fingerprint density at radius 2 is 1.88 bits per heavy atom. The molecule has 2 aromatic rings. The fraction of sp³-hybridized carbons (Fsp3) is 0.154. The standard InChI is InChI=1S/C13H12N4/c1-2-15-13-12(16-7-8-17-13)11-5-3-10(9-14)4-6-11/h3-8H,2H2,1H3,(H,15,17). The van der Waals surface area contributed by atoms with Gasteiger partial charge in [0, 0.05) is 24.5 Å². The van der Waals surface area contributed by atoms with Crippen LogP contribution in [0.3, 0.4) is 0 Å². The van der Waals surface area contributed by atoms with E-state index in [0.29, 0.717) is 5.56 Å². The molecule has 84 valence electrons. The zero-order valence-electron chi connectivity index (χ0n) is 9.51. The van der Waals surface area contributed by atoms with Gasteiger partial charge in [-0.25, -0.2) is 4.98 Å². The monoisotopic (exact) mass is 224 g/mol. The minimum atomic E-state index is 0.641. The molecule has 1 N–H and O–H groups in total. The van der Waals surface area contributed by atoms with Crippen molar-refractivity contribution in [2.24, 2.45) is 0 Å². The first kappa shape index (κ1) is 11.1. The molecule has 1 aromatic carbocycles. The molecule has 0 saturated carbocycles. The van der Waals surface area contributed by atoms with Gasteiger partial charge in [-0.2, -0.15) is 5.26 Å². The second-order valence-corrected chi connectivity index (χ2v) is 3.47. The zero-order chi connectivity index (χ0) is 12.1. The van der Waals surface area contributed by atoms with Crippen LogP contribution in [0.15, 0.2) is 36.7 Å². The molecule has 1 heterocycles. The van der Waals surface area contributed by atoms with E-state index in [1.54, 1.807) is 24.5 Å². The fourth-order valence-corrected chi connectivity index (χ4v) is 1.55. The highest BCUT2D eigenvalue weighted by atomic mass is 15.0. The van der Waals surface area contributed by atoms with E-state index in [4.69, 9.17) is 5.26 Å². The zero-order valence-corrected chi connectivity index (χ0v) is 9.51. The van der Waals surface area contributed by atoms with Gasteiger partial charge in [-0.05, 0) is 19.1 Å². The molecular weight excluding hydrogens is 212 g/mol. The van der Waals surface area contributed by atoms with Crippen molar-refractivity contribution < 1.29 is 0 Å². The number of benzene rings is 1. The molecular formula is C13H12N4. The molecule has 1 aromatic heterocycles. The Hall–Kier alpha value is -2.41. The van der Waals surface area contributed by atoms with Gasteiger partial charge in [-0.15, -0.1) is 0 Å². The van der Waals surface area contributed by atoms with Crippen molar-refractivity contribution in [1.29, 1.82) is 5.26 Å². The van der Waals surface area contributed by atoms with Crippen LogP contribution < -0.4 is 5.32 Å². The highest BCUT2D eigenvalue weighted by Crippen LogP contribution is 2.23. The highest BCUT2D eigenvalue weighted by Gasteiger charge is 2.06. The summed E-state index contributed by atoms with van der Waals surface area (Å²) in [6, 6.07) is 9.41. The molecule has 0 spiro atoms. The smallest absolute Gasteiger partial charge is 0.152 e. The maximum atomic E-state index is 8.75. The number of rotatable bonds is 3. The van der Waals surface area contributed by atoms with Gasteiger partial charge in [0.15, 0.2) is 5.82 Å². The first-order chi connectivity index (χ1) is 8.35. The molecule has 0 fully saturated rings. The summed E-state index contributed by atoms with van der Waals surface area (Å²) in [5.41, 5.74) is 2.40. The summed E-state index contributed by atoms with van der Waals surface area (Å²) in [7, 11) is 0. The number of nitrogens with one attached hydrogen (secondary N) is 1. The Labute approximate surface area is 100.0 Å². The molecule has 0 aliphatic rings. The molecule has 17 heavy (non-hydrogen) atoms. The summed E-state index contributed by atoms with van der Waals surface area (Å²) in [6.45, 7) is 2.80. The predicted octanol–water partition coefficient (Wildman–Crippen LogP) is 2.45. The molecule has 0 amide bonds. The summed E-state index contributed by atoms with van der Waals surface area (Å²) >= 11 is 0. The molecule has 0 atom stereocenters. The van der Waals surface area contributed by atoms with Crippen LogP contribution in [-0.2, 0) is 0 Å². The van der Waals surface area contributed by atoms with Gasteiger partial charge in [0.2, 0.25) is 0 Å². The van der Waals surface area contributed by atoms with Gasteiger partial charge in [0.25, 0.3) is 0 Å². The molecule has 0 bridgehead atoms. The first-order valence-electron chi connectivity index (χ1n) is 5.40. The third-order valence-corrected chi connectivity index (χ3v) is 2.33. The third kappa shape index (κ3) is 2.40. The minimum absolute atomic E-state index is 0.641. The lowest BCUT2D eigenvalue weighted by atomic mass is 10.1. The number of hydrogen-bond donors (Lipinski definition) is 1. The lowest BCUT2D eigenvalue weighted by Gasteiger charge is -2.07. The van der Waals surface area contributed by atoms with E-state index in [9.17, 15) is 0 Å². The van der Waals surface area contributed by atoms with E-state index in [1.807, 2.05) is 19.1 Å². The molecule has 4 nitrogen and oxygen atoms in total. The predicted molar refractivity (Wildman–Crippen MR) is 66.3 cm³/mol. The number of anilines is 1. The molecule has 2 rings (SSSR count). The Morgan fingerprint density at radius 1 is 1.18 bits per heavy atom. The summed E-state index contributed by atoms with van der Waals surface area (Å²) in [4.78, 5) is 8.56. The van der Waals surface area contributed by atoms with Crippen molar-refractivity contribution in [2.75, 3.05) is 11.9 Å². The van der Waals surface area contributed by atoms with Crippen LogP contribution in [0.4, 0.5) is 5.82 Å². The van der Waals surface area contributed by atoms with Gasteiger partial charge in [-0.1, -0.05) is 12.1 Å². The van der Waals surface area contributed by atoms with Crippen molar-refractivity contribution in [2.45, 2.75) is 6.92 Å². The quantitative estimate of drug-likeness (QED) is 0.869. The summed E-state index contributed by atoms with van der Waals surface area (Å²) < 4.78 is 0. The van der Waals surface area contributed by atoms with Gasteiger partial charge in [0.05, 0.1) is 11.6 Å². The lowest BCUT2D eigenvalue weighted by molar-refractivity contribution is 1.12. The maximum Gasteiger partial charge on any atom is 0.152 e. The van der Waals surface area contributed by atoms with Crippen molar-refractivity contribution in [3.63, 3.8) is 0 Å². The number of aromatic nitrogens is 2. The molecule has 0 radical (unpaired) electrons. The Balaban J connectivity index is 2.41. The fourth-order valence-electron chi connectivity index (χ4n) is 1.55. The van der Waals surface area contributed by atoms with Crippen LogP contribution in [0.5, 0.6) is 0 Å². The Kier molecular flexibility index (Phi) is 3.31. The second-order valence-electron chi connectivity index (χ2n) is 3.47. The Bertz CT molecular complexity index is 540. The molecule has 0 saturated heterocycles. The average molecular weight is 224 g/mol. The van der Waals surface area contributed by atoms with E-state index in [2.05, 4.69) is 21.4 Å². The molecule has 0 aliphatic heterocycles. The number of nitriles is 1. The van der Waals surface area contributed by atoms with Crippen molar-refractivity contribution in [3.05, 3.63) is 42.2 Å². The van der Waals surface area contributed by atoms with Gasteiger partial charge >= 0.3 is 0 Å². The number of nitrogens with zero attached hydrogens (tertiary/aromatic N) is 3.